The van der Waals surface area contributed by atoms with Crippen LogP contribution in [0, 0.1) is 0 Å². The van der Waals surface area contributed by atoms with Gasteiger partial charge in [0.1, 0.15) is 12.7 Å². The zero-order chi connectivity index (χ0) is 22.2. The molecule has 1 aliphatic rings. The Bertz CT molecular complexity index is 1070. The van der Waals surface area contributed by atoms with E-state index in [0.717, 1.165) is 18.5 Å². The summed E-state index contributed by atoms with van der Waals surface area (Å²) < 4.78 is 23.3. The molecule has 0 aromatic carbocycles. The predicted octanol–water partition coefficient (Wildman–Crippen LogP) is -0.498. The van der Waals surface area contributed by atoms with Gasteiger partial charge < -0.3 is 18.9 Å². The molecule has 2 aromatic heterocycles. The fourth-order valence-electron chi connectivity index (χ4n) is 3.11. The molecule has 3 rings (SSSR count). The van der Waals surface area contributed by atoms with Crippen molar-refractivity contribution >= 4 is 40.5 Å². The number of rotatable bonds is 5. The van der Waals surface area contributed by atoms with Crippen molar-refractivity contribution < 1.29 is 33.3 Å². The van der Waals surface area contributed by atoms with Gasteiger partial charge in [0.25, 0.3) is 5.56 Å². The van der Waals surface area contributed by atoms with Crippen LogP contribution < -0.4 is 5.56 Å². The van der Waals surface area contributed by atoms with Crippen molar-refractivity contribution in [1.29, 1.82) is 0 Å². The number of halogens is 1. The lowest BCUT2D eigenvalue weighted by Gasteiger charge is -2.23. The third kappa shape index (κ3) is 4.11. The lowest BCUT2D eigenvalue weighted by molar-refractivity contribution is -0.166. The fourth-order valence-corrected chi connectivity index (χ4v) is 3.35. The molecule has 3 heterocycles. The summed E-state index contributed by atoms with van der Waals surface area (Å²) in [4.78, 5) is 47.5. The molecule has 0 radical (unpaired) electrons. The second-order valence-corrected chi connectivity index (χ2v) is 6.82. The Morgan fingerprint density at radius 3 is 2.33 bits per heavy atom. The summed E-state index contributed by atoms with van der Waals surface area (Å²) in [7, 11) is 1.49. The van der Waals surface area contributed by atoms with E-state index in [-0.39, 0.29) is 22.8 Å². The van der Waals surface area contributed by atoms with Gasteiger partial charge in [-0.25, -0.2) is 0 Å². The van der Waals surface area contributed by atoms with E-state index in [1.54, 1.807) is 0 Å². The van der Waals surface area contributed by atoms with E-state index in [9.17, 15) is 19.2 Å². The summed E-state index contributed by atoms with van der Waals surface area (Å²) >= 11 is 5.94. The van der Waals surface area contributed by atoms with Gasteiger partial charge in [0.2, 0.25) is 0 Å². The van der Waals surface area contributed by atoms with Crippen LogP contribution in [0.3, 0.4) is 0 Å². The minimum Gasteiger partial charge on any atom is -0.463 e. The summed E-state index contributed by atoms with van der Waals surface area (Å²) in [6, 6.07) is 0. The van der Waals surface area contributed by atoms with Crippen molar-refractivity contribution in [3.63, 3.8) is 0 Å². The Labute approximate surface area is 173 Å². The van der Waals surface area contributed by atoms with E-state index < -0.39 is 48.0 Å². The van der Waals surface area contributed by atoms with Crippen LogP contribution in [-0.4, -0.2) is 67.6 Å². The number of ether oxygens (including phenoxy) is 4. The second kappa shape index (κ2) is 8.36. The quantitative estimate of drug-likeness (QED) is 0.434. The molecule has 0 N–H and O–H groups in total. The smallest absolute Gasteiger partial charge is 0.303 e. The number of esters is 3. The minimum atomic E-state index is -1.32. The predicted molar refractivity (Wildman–Crippen MR) is 97.2 cm³/mol. The largest absolute Gasteiger partial charge is 0.463 e. The van der Waals surface area contributed by atoms with Crippen LogP contribution in [0.5, 0.6) is 0 Å². The molecule has 2 aromatic rings. The van der Waals surface area contributed by atoms with Crippen LogP contribution in [0.4, 0.5) is 0 Å². The molecule has 1 aliphatic heterocycles. The Hall–Kier alpha value is -3.06. The molecule has 0 bridgehead atoms. The van der Waals surface area contributed by atoms with Gasteiger partial charge in [0.15, 0.2) is 34.6 Å². The van der Waals surface area contributed by atoms with Crippen molar-refractivity contribution in [3.8, 4) is 0 Å². The van der Waals surface area contributed by atoms with Crippen LogP contribution in [0.25, 0.3) is 11.0 Å². The van der Waals surface area contributed by atoms with Crippen LogP contribution >= 0.6 is 11.6 Å². The maximum Gasteiger partial charge on any atom is 0.303 e. The first-order chi connectivity index (χ1) is 14.1. The summed E-state index contributed by atoms with van der Waals surface area (Å²) in [5, 5.41) is 11.6. The van der Waals surface area contributed by atoms with E-state index in [2.05, 4.69) is 15.4 Å². The summed E-state index contributed by atoms with van der Waals surface area (Å²) in [6.07, 6.45) is -4.79. The average molecular weight is 444 g/mol. The van der Waals surface area contributed by atoms with E-state index in [0.29, 0.717) is 0 Å². The van der Waals surface area contributed by atoms with Crippen LogP contribution in [-0.2, 0) is 40.4 Å². The lowest BCUT2D eigenvalue weighted by Crippen LogP contribution is -2.42. The summed E-state index contributed by atoms with van der Waals surface area (Å²) in [5.74, 6) is -2.01. The number of hydrogen-bond donors (Lipinski definition) is 0. The monoisotopic (exact) mass is 443 g/mol. The number of hydrogen-bond acceptors (Lipinski definition) is 11. The van der Waals surface area contributed by atoms with E-state index in [4.69, 9.17) is 30.5 Å². The van der Waals surface area contributed by atoms with E-state index in [1.165, 1.54) is 18.7 Å². The SMILES string of the molecule is CC(=O)OCC1OC(n2nnc3c(Cl)nn(C)c3c2=O)C(OC(C)=O)C1OC(C)=O. The molecule has 1 saturated heterocycles. The third-order valence-corrected chi connectivity index (χ3v) is 4.47. The van der Waals surface area contributed by atoms with Gasteiger partial charge in [-0.15, -0.1) is 5.10 Å². The van der Waals surface area contributed by atoms with Crippen LogP contribution in [0.2, 0.25) is 5.15 Å². The van der Waals surface area contributed by atoms with Gasteiger partial charge in [0, 0.05) is 27.8 Å². The highest BCUT2D eigenvalue weighted by atomic mass is 35.5. The minimum absolute atomic E-state index is 0.0151. The summed E-state index contributed by atoms with van der Waals surface area (Å²) in [6.45, 7) is 3.16. The molecule has 0 amide bonds. The lowest BCUT2D eigenvalue weighted by atomic mass is 10.1. The first-order valence-corrected chi connectivity index (χ1v) is 9.09. The van der Waals surface area contributed by atoms with Gasteiger partial charge in [-0.3, -0.25) is 23.9 Å². The number of aryl methyl sites for hydroxylation is 1. The topological polar surface area (TPSA) is 154 Å². The number of carbonyl (C=O) groups excluding carboxylic acids is 3. The van der Waals surface area contributed by atoms with Gasteiger partial charge in [-0.2, -0.15) is 9.78 Å². The normalized spacial score (nSPS) is 23.4. The fraction of sp³-hybridized carbons (Fsp3) is 0.562. The van der Waals surface area contributed by atoms with Crippen molar-refractivity contribution in [2.45, 2.75) is 45.3 Å². The number of carbonyl (C=O) groups is 3. The van der Waals surface area contributed by atoms with Crippen LogP contribution in [0.15, 0.2) is 4.79 Å². The van der Waals surface area contributed by atoms with E-state index >= 15 is 0 Å². The molecule has 162 valence electrons. The number of fused-ring (bicyclic) bond motifs is 1. The molecule has 4 unspecified atom stereocenters. The molecule has 1 fully saturated rings. The molecule has 0 spiro atoms. The maximum absolute atomic E-state index is 13.0. The molecular formula is C16H18ClN5O8. The van der Waals surface area contributed by atoms with Crippen molar-refractivity contribution in [1.82, 2.24) is 24.8 Å². The van der Waals surface area contributed by atoms with Gasteiger partial charge in [-0.05, 0) is 0 Å². The molecule has 0 saturated carbocycles. The van der Waals surface area contributed by atoms with E-state index in [1.807, 2.05) is 0 Å². The zero-order valence-corrected chi connectivity index (χ0v) is 17.2. The molecular weight excluding hydrogens is 426 g/mol. The first kappa shape index (κ1) is 21.6. The molecule has 4 atom stereocenters. The third-order valence-electron chi connectivity index (χ3n) is 4.21. The van der Waals surface area contributed by atoms with Crippen molar-refractivity contribution in [3.05, 3.63) is 15.5 Å². The number of nitrogens with zero attached hydrogens (tertiary/aromatic N) is 5. The van der Waals surface area contributed by atoms with Crippen molar-refractivity contribution in [2.75, 3.05) is 6.61 Å². The molecule has 30 heavy (non-hydrogen) atoms. The maximum atomic E-state index is 13.0. The molecule has 13 nitrogen and oxygen atoms in total. The second-order valence-electron chi connectivity index (χ2n) is 6.47. The highest BCUT2D eigenvalue weighted by molar-refractivity contribution is 6.33. The first-order valence-electron chi connectivity index (χ1n) is 8.71. The molecule has 0 aliphatic carbocycles. The average Bonchev–Trinajstić information content (AvgIpc) is 3.11. The van der Waals surface area contributed by atoms with Gasteiger partial charge in [-0.1, -0.05) is 16.8 Å². The Balaban J connectivity index is 2.07. The highest BCUT2D eigenvalue weighted by Crippen LogP contribution is 2.33. The summed E-state index contributed by atoms with van der Waals surface area (Å²) in [5.41, 5.74) is -0.568. The van der Waals surface area contributed by atoms with Gasteiger partial charge >= 0.3 is 17.9 Å². The van der Waals surface area contributed by atoms with Crippen LogP contribution in [0.1, 0.15) is 27.0 Å². The Kier molecular flexibility index (Phi) is 6.03. The Morgan fingerprint density at radius 1 is 1.10 bits per heavy atom. The zero-order valence-electron chi connectivity index (χ0n) is 16.4. The van der Waals surface area contributed by atoms with Gasteiger partial charge in [0.05, 0.1) is 0 Å². The number of aromatic nitrogens is 5. The molecule has 14 heteroatoms. The highest BCUT2D eigenvalue weighted by Gasteiger charge is 2.51. The Morgan fingerprint density at radius 2 is 1.73 bits per heavy atom. The standard InChI is InChI=1S/C16H18ClN5O8/c1-6(23)27-5-9-12(28-7(2)24)13(29-8(3)25)16(30-9)22-15(26)11-10(18-20-22)14(17)19-21(11)4/h9,12-13,16H,5H2,1-4H3. The van der Waals surface area contributed by atoms with Crippen molar-refractivity contribution in [2.24, 2.45) is 7.05 Å².